The monoisotopic (exact) mass is 286 g/mol. The van der Waals surface area contributed by atoms with E-state index in [4.69, 9.17) is 20.8 Å². The van der Waals surface area contributed by atoms with Gasteiger partial charge in [0.2, 0.25) is 5.89 Å². The SMILES string of the molecule is COCCNCc1coc(-c2scc(C)c2Cl)n1. The molecule has 0 saturated carbocycles. The van der Waals surface area contributed by atoms with Crippen LogP contribution < -0.4 is 5.32 Å². The Hall–Kier alpha value is -0.880. The van der Waals surface area contributed by atoms with E-state index in [9.17, 15) is 0 Å². The van der Waals surface area contributed by atoms with Crippen LogP contribution in [0.4, 0.5) is 0 Å². The van der Waals surface area contributed by atoms with Crippen LogP contribution in [0.25, 0.3) is 10.8 Å². The third kappa shape index (κ3) is 3.11. The zero-order valence-corrected chi connectivity index (χ0v) is 11.9. The normalized spacial score (nSPS) is 11.1. The number of aromatic nitrogens is 1. The first-order valence-electron chi connectivity index (χ1n) is 5.60. The number of hydrogen-bond donors (Lipinski definition) is 1. The fraction of sp³-hybridized carbons (Fsp3) is 0.417. The van der Waals surface area contributed by atoms with Crippen molar-refractivity contribution in [1.82, 2.24) is 10.3 Å². The third-order valence-corrected chi connectivity index (χ3v) is 4.12. The van der Waals surface area contributed by atoms with Gasteiger partial charge in [-0.3, -0.25) is 0 Å². The van der Waals surface area contributed by atoms with Crippen molar-refractivity contribution in [3.05, 3.63) is 27.9 Å². The van der Waals surface area contributed by atoms with Crippen molar-refractivity contribution >= 4 is 22.9 Å². The van der Waals surface area contributed by atoms with Crippen molar-refractivity contribution in [2.75, 3.05) is 20.3 Å². The van der Waals surface area contributed by atoms with Crippen molar-refractivity contribution in [3.8, 4) is 10.8 Å². The minimum atomic E-state index is 0.585. The molecule has 0 radical (unpaired) electrons. The second-order valence-electron chi connectivity index (χ2n) is 3.88. The number of nitrogens with zero attached hydrogens (tertiary/aromatic N) is 1. The number of thiophene rings is 1. The lowest BCUT2D eigenvalue weighted by Crippen LogP contribution is -2.18. The number of rotatable bonds is 6. The van der Waals surface area contributed by atoms with E-state index in [-0.39, 0.29) is 0 Å². The van der Waals surface area contributed by atoms with Crippen LogP contribution in [-0.4, -0.2) is 25.2 Å². The molecule has 18 heavy (non-hydrogen) atoms. The van der Waals surface area contributed by atoms with Gasteiger partial charge in [0.15, 0.2) is 0 Å². The highest BCUT2D eigenvalue weighted by molar-refractivity contribution is 7.14. The molecular formula is C12H15ClN2O2S. The first-order chi connectivity index (χ1) is 8.72. The highest BCUT2D eigenvalue weighted by Gasteiger charge is 2.14. The summed E-state index contributed by atoms with van der Waals surface area (Å²) < 4.78 is 10.4. The van der Waals surface area contributed by atoms with Crippen molar-refractivity contribution in [3.63, 3.8) is 0 Å². The van der Waals surface area contributed by atoms with E-state index in [2.05, 4.69) is 10.3 Å². The highest BCUT2D eigenvalue weighted by atomic mass is 35.5. The van der Waals surface area contributed by atoms with Crippen molar-refractivity contribution in [2.45, 2.75) is 13.5 Å². The molecule has 0 saturated heterocycles. The molecule has 0 aliphatic heterocycles. The summed E-state index contributed by atoms with van der Waals surface area (Å²) >= 11 is 7.72. The first kappa shape index (κ1) is 13.5. The summed E-state index contributed by atoms with van der Waals surface area (Å²) in [6.45, 7) is 4.10. The van der Waals surface area contributed by atoms with E-state index in [0.717, 1.165) is 27.7 Å². The molecule has 1 N–H and O–H groups in total. The molecule has 2 aromatic heterocycles. The smallest absolute Gasteiger partial charge is 0.238 e. The maximum atomic E-state index is 6.18. The van der Waals surface area contributed by atoms with Crippen LogP contribution in [-0.2, 0) is 11.3 Å². The molecule has 2 heterocycles. The lowest BCUT2D eigenvalue weighted by Gasteiger charge is -1.99. The van der Waals surface area contributed by atoms with Crippen LogP contribution >= 0.6 is 22.9 Å². The molecule has 0 aliphatic carbocycles. The minimum Gasteiger partial charge on any atom is -0.443 e. The fourth-order valence-electron chi connectivity index (χ4n) is 1.46. The van der Waals surface area contributed by atoms with Gasteiger partial charge in [-0.2, -0.15) is 0 Å². The maximum Gasteiger partial charge on any atom is 0.238 e. The maximum absolute atomic E-state index is 6.18. The number of methoxy groups -OCH3 is 1. The molecule has 0 atom stereocenters. The molecule has 0 spiro atoms. The van der Waals surface area contributed by atoms with Crippen LogP contribution in [0.1, 0.15) is 11.3 Å². The molecule has 0 amide bonds. The molecule has 0 bridgehead atoms. The molecule has 0 aromatic carbocycles. The van der Waals surface area contributed by atoms with Gasteiger partial charge in [0.25, 0.3) is 0 Å². The van der Waals surface area contributed by atoms with Crippen LogP contribution in [0, 0.1) is 6.92 Å². The third-order valence-electron chi connectivity index (χ3n) is 2.43. The Morgan fingerprint density at radius 1 is 1.56 bits per heavy atom. The Labute approximate surface area is 115 Å². The summed E-state index contributed by atoms with van der Waals surface area (Å²) in [5, 5.41) is 5.93. The fourth-order valence-corrected chi connectivity index (χ4v) is 2.66. The molecule has 0 unspecified atom stereocenters. The van der Waals surface area contributed by atoms with E-state index in [1.807, 2.05) is 12.3 Å². The Morgan fingerprint density at radius 2 is 2.39 bits per heavy atom. The molecule has 2 aromatic rings. The van der Waals surface area contributed by atoms with E-state index in [0.29, 0.717) is 19.0 Å². The van der Waals surface area contributed by atoms with Crippen molar-refractivity contribution in [2.24, 2.45) is 0 Å². The first-order valence-corrected chi connectivity index (χ1v) is 6.86. The molecule has 98 valence electrons. The molecule has 0 fully saturated rings. The number of oxazole rings is 1. The average molecular weight is 287 g/mol. The number of halogens is 1. The summed E-state index contributed by atoms with van der Waals surface area (Å²) in [6.07, 6.45) is 1.65. The number of aryl methyl sites for hydroxylation is 1. The summed E-state index contributed by atoms with van der Waals surface area (Å²) in [7, 11) is 1.68. The van der Waals surface area contributed by atoms with Crippen LogP contribution in [0.2, 0.25) is 5.02 Å². The summed E-state index contributed by atoms with van der Waals surface area (Å²) in [4.78, 5) is 5.29. The number of hydrogen-bond acceptors (Lipinski definition) is 5. The van der Waals surface area contributed by atoms with E-state index >= 15 is 0 Å². The molecule has 6 heteroatoms. The lowest BCUT2D eigenvalue weighted by atomic mass is 10.3. The summed E-state index contributed by atoms with van der Waals surface area (Å²) in [5.41, 5.74) is 1.91. The lowest BCUT2D eigenvalue weighted by molar-refractivity contribution is 0.199. The minimum absolute atomic E-state index is 0.585. The van der Waals surface area contributed by atoms with Gasteiger partial charge < -0.3 is 14.5 Å². The predicted molar refractivity (Wildman–Crippen MR) is 73.1 cm³/mol. The van der Waals surface area contributed by atoms with Gasteiger partial charge in [0.1, 0.15) is 11.1 Å². The Balaban J connectivity index is 2.00. The Morgan fingerprint density at radius 3 is 3.06 bits per heavy atom. The average Bonchev–Trinajstić information content (AvgIpc) is 2.94. The van der Waals surface area contributed by atoms with Gasteiger partial charge >= 0.3 is 0 Å². The zero-order chi connectivity index (χ0) is 13.0. The zero-order valence-electron chi connectivity index (χ0n) is 10.3. The molecule has 2 rings (SSSR count). The largest absolute Gasteiger partial charge is 0.443 e. The predicted octanol–water partition coefficient (Wildman–Crippen LogP) is 3.10. The van der Waals surface area contributed by atoms with Gasteiger partial charge in [-0.1, -0.05) is 11.6 Å². The van der Waals surface area contributed by atoms with E-state index in [1.165, 1.54) is 0 Å². The molecule has 4 nitrogen and oxygen atoms in total. The summed E-state index contributed by atoms with van der Waals surface area (Å²) in [5.74, 6) is 0.585. The quantitative estimate of drug-likeness (QED) is 0.829. The standard InChI is InChI=1S/C12H15ClN2O2S/c1-8-7-18-11(10(8)13)12-15-9(6-17-12)5-14-3-4-16-2/h6-7,14H,3-5H2,1-2H3. The Bertz CT molecular complexity index is 510. The van der Waals surface area contributed by atoms with Gasteiger partial charge in [-0.05, 0) is 17.9 Å². The van der Waals surface area contributed by atoms with Crippen molar-refractivity contribution in [1.29, 1.82) is 0 Å². The number of ether oxygens (including phenoxy) is 1. The number of nitrogens with one attached hydrogen (secondary N) is 1. The van der Waals surface area contributed by atoms with Gasteiger partial charge in [0.05, 0.1) is 17.3 Å². The second kappa shape index (κ2) is 6.33. The van der Waals surface area contributed by atoms with Crippen LogP contribution in [0.3, 0.4) is 0 Å². The van der Waals surface area contributed by atoms with Gasteiger partial charge in [0, 0.05) is 20.2 Å². The van der Waals surface area contributed by atoms with Crippen LogP contribution in [0.5, 0.6) is 0 Å². The van der Waals surface area contributed by atoms with E-state index < -0.39 is 0 Å². The van der Waals surface area contributed by atoms with Gasteiger partial charge in [-0.15, -0.1) is 11.3 Å². The van der Waals surface area contributed by atoms with Crippen LogP contribution in [0.15, 0.2) is 16.1 Å². The van der Waals surface area contributed by atoms with E-state index in [1.54, 1.807) is 24.7 Å². The molecular weight excluding hydrogens is 272 g/mol. The second-order valence-corrected chi connectivity index (χ2v) is 5.13. The highest BCUT2D eigenvalue weighted by Crippen LogP contribution is 2.35. The topological polar surface area (TPSA) is 47.3 Å². The van der Waals surface area contributed by atoms with Crippen molar-refractivity contribution < 1.29 is 9.15 Å². The molecule has 0 aliphatic rings. The van der Waals surface area contributed by atoms with Gasteiger partial charge in [-0.25, -0.2) is 4.98 Å². The summed E-state index contributed by atoms with van der Waals surface area (Å²) in [6, 6.07) is 0. The Kier molecular flexibility index (Phi) is 4.77.